The molecule has 34 heavy (non-hydrogen) atoms. The maximum atomic E-state index is 13.2. The number of aryl methyl sites for hydroxylation is 1. The smallest absolute Gasteiger partial charge is 0.265 e. The maximum absolute atomic E-state index is 13.2. The number of amides is 1. The van der Waals surface area contributed by atoms with Crippen LogP contribution in [0.1, 0.15) is 43.0 Å². The van der Waals surface area contributed by atoms with E-state index in [0.29, 0.717) is 46.9 Å². The van der Waals surface area contributed by atoms with Crippen molar-refractivity contribution < 1.29 is 27.2 Å². The number of para-hydroxylation sites is 2. The van der Waals surface area contributed by atoms with Gasteiger partial charge < -0.3 is 14.0 Å². The second-order valence-electron chi connectivity index (χ2n) is 8.21. The van der Waals surface area contributed by atoms with Crippen molar-refractivity contribution in [3.63, 3.8) is 0 Å². The molecule has 1 aliphatic heterocycles. The lowest BCUT2D eigenvalue weighted by atomic mass is 10.1. The van der Waals surface area contributed by atoms with Crippen LogP contribution in [-0.4, -0.2) is 37.7 Å². The molecule has 0 atom stereocenters. The van der Waals surface area contributed by atoms with Gasteiger partial charge in [0, 0.05) is 12.0 Å². The first-order valence-electron chi connectivity index (χ1n) is 11.0. The summed E-state index contributed by atoms with van der Waals surface area (Å²) in [5.41, 5.74) is 1.25. The number of sulfonamides is 1. The number of carbonyl (C=O) groups excluding carboxylic acids is 1. The lowest BCUT2D eigenvalue weighted by Crippen LogP contribution is -2.38. The van der Waals surface area contributed by atoms with Crippen molar-refractivity contribution >= 4 is 27.3 Å². The van der Waals surface area contributed by atoms with Crippen molar-refractivity contribution in [2.45, 2.75) is 44.0 Å². The van der Waals surface area contributed by atoms with E-state index in [1.807, 2.05) is 6.92 Å². The lowest BCUT2D eigenvalue weighted by Gasteiger charge is -2.29. The van der Waals surface area contributed by atoms with Gasteiger partial charge in [0.15, 0.2) is 12.4 Å². The van der Waals surface area contributed by atoms with Crippen LogP contribution < -0.4 is 19.1 Å². The van der Waals surface area contributed by atoms with E-state index in [-0.39, 0.29) is 29.7 Å². The molecule has 0 bridgehead atoms. The molecule has 1 aliphatic carbocycles. The van der Waals surface area contributed by atoms with Crippen LogP contribution in [-0.2, 0) is 21.4 Å². The second-order valence-corrected chi connectivity index (χ2v) is 9.86. The van der Waals surface area contributed by atoms with Gasteiger partial charge in [0.05, 0.1) is 29.4 Å². The first-order valence-corrected chi connectivity index (χ1v) is 12.5. The summed E-state index contributed by atoms with van der Waals surface area (Å²) in [5.74, 6) is 1.74. The quantitative estimate of drug-likeness (QED) is 0.516. The van der Waals surface area contributed by atoms with Gasteiger partial charge in [0.25, 0.3) is 15.9 Å². The van der Waals surface area contributed by atoms with Crippen molar-refractivity contribution in [2.75, 3.05) is 22.8 Å². The molecule has 0 spiro atoms. The minimum atomic E-state index is -3.96. The topological polar surface area (TPSA) is 124 Å². The van der Waals surface area contributed by atoms with E-state index in [2.05, 4.69) is 14.9 Å². The van der Waals surface area contributed by atoms with Crippen LogP contribution in [0.25, 0.3) is 0 Å². The largest absolute Gasteiger partial charge is 0.492 e. The third kappa shape index (κ3) is 4.30. The van der Waals surface area contributed by atoms with Crippen molar-refractivity contribution in [1.29, 1.82) is 0 Å². The molecule has 1 aromatic heterocycles. The predicted molar refractivity (Wildman–Crippen MR) is 123 cm³/mol. The maximum Gasteiger partial charge on any atom is 0.265 e. The number of carbonyl (C=O) groups is 1. The summed E-state index contributed by atoms with van der Waals surface area (Å²) in [5, 5.41) is 3.99. The van der Waals surface area contributed by atoms with Gasteiger partial charge in [-0.25, -0.2) is 8.42 Å². The Labute approximate surface area is 196 Å². The van der Waals surface area contributed by atoms with E-state index in [4.69, 9.17) is 14.0 Å². The van der Waals surface area contributed by atoms with Crippen LogP contribution in [0.3, 0.4) is 0 Å². The van der Waals surface area contributed by atoms with E-state index in [1.165, 1.54) is 11.0 Å². The number of nitrogens with one attached hydrogen (secondary N) is 1. The fourth-order valence-corrected chi connectivity index (χ4v) is 5.11. The van der Waals surface area contributed by atoms with Gasteiger partial charge in [-0.3, -0.25) is 14.4 Å². The second kappa shape index (κ2) is 8.64. The monoisotopic (exact) mass is 484 g/mol. The Kier molecular flexibility index (Phi) is 5.64. The molecular formula is C23H24N4O6S. The molecule has 0 unspecified atom stereocenters. The predicted octanol–water partition coefficient (Wildman–Crippen LogP) is 3.38. The van der Waals surface area contributed by atoms with E-state index in [9.17, 15) is 13.2 Å². The Hall–Kier alpha value is -3.60. The fraction of sp³-hybridized carbons (Fsp3) is 0.348. The zero-order valence-electron chi connectivity index (χ0n) is 18.8. The van der Waals surface area contributed by atoms with Crippen LogP contribution >= 0.6 is 0 Å². The number of hydrogen-bond acceptors (Lipinski definition) is 8. The molecule has 11 heteroatoms. The number of ether oxygens (including phenoxy) is 2. The summed E-state index contributed by atoms with van der Waals surface area (Å²) >= 11 is 0. The summed E-state index contributed by atoms with van der Waals surface area (Å²) in [6, 6.07) is 9.87. The number of hydrogen-bond donors (Lipinski definition) is 1. The Bertz CT molecular complexity index is 1350. The number of anilines is 2. The first-order chi connectivity index (χ1) is 16.4. The number of fused-ring (bicyclic) bond motifs is 1. The van der Waals surface area contributed by atoms with Gasteiger partial charge in [0.2, 0.25) is 5.89 Å². The molecule has 3 aromatic rings. The van der Waals surface area contributed by atoms with Crippen LogP contribution in [0.15, 0.2) is 45.8 Å². The molecule has 2 aromatic carbocycles. The highest BCUT2D eigenvalue weighted by Crippen LogP contribution is 2.40. The summed E-state index contributed by atoms with van der Waals surface area (Å²) in [7, 11) is -3.96. The zero-order chi connectivity index (χ0) is 23.9. The summed E-state index contributed by atoms with van der Waals surface area (Å²) in [6.07, 6.45) is 2.06. The van der Waals surface area contributed by atoms with E-state index >= 15 is 0 Å². The van der Waals surface area contributed by atoms with Crippen molar-refractivity contribution in [3.8, 4) is 11.5 Å². The molecule has 1 amide bonds. The molecule has 0 saturated heterocycles. The Morgan fingerprint density at radius 3 is 2.79 bits per heavy atom. The third-order valence-corrected chi connectivity index (χ3v) is 7.14. The molecule has 2 aliphatic rings. The third-order valence-electron chi connectivity index (χ3n) is 5.63. The van der Waals surface area contributed by atoms with Crippen LogP contribution in [0, 0.1) is 6.92 Å². The van der Waals surface area contributed by atoms with Crippen molar-refractivity contribution in [2.24, 2.45) is 0 Å². The zero-order valence-corrected chi connectivity index (χ0v) is 19.6. The lowest BCUT2D eigenvalue weighted by molar-refractivity contribution is -0.121. The number of rotatable bonds is 8. The van der Waals surface area contributed by atoms with E-state index in [0.717, 1.165) is 12.8 Å². The van der Waals surface area contributed by atoms with E-state index in [1.54, 1.807) is 37.3 Å². The molecule has 0 radical (unpaired) electrons. The van der Waals surface area contributed by atoms with Gasteiger partial charge in [-0.1, -0.05) is 17.3 Å². The highest BCUT2D eigenvalue weighted by Gasteiger charge is 2.33. The van der Waals surface area contributed by atoms with Gasteiger partial charge in [0.1, 0.15) is 11.5 Å². The van der Waals surface area contributed by atoms with E-state index < -0.39 is 10.0 Å². The van der Waals surface area contributed by atoms with Gasteiger partial charge >= 0.3 is 0 Å². The average molecular weight is 485 g/mol. The molecule has 5 rings (SSSR count). The summed E-state index contributed by atoms with van der Waals surface area (Å²) in [4.78, 5) is 18.5. The van der Waals surface area contributed by atoms with Crippen LogP contribution in [0.5, 0.6) is 11.5 Å². The van der Waals surface area contributed by atoms with Crippen LogP contribution in [0.2, 0.25) is 0 Å². The summed E-state index contributed by atoms with van der Waals surface area (Å²) in [6.45, 7) is 3.78. The van der Waals surface area contributed by atoms with Crippen molar-refractivity contribution in [3.05, 3.63) is 53.7 Å². The standard InChI is InChI=1S/C23H24N4O6S/c1-3-31-18-7-5-4-6-16(18)26-34(29,30)20-11-19-17(10-14(20)2)27(22(28)13-32-19)12-21-24-23(33-25-21)15-8-9-15/h4-7,10-11,15,26H,3,8-9,12-13H2,1-2H3. The first kappa shape index (κ1) is 22.2. The molecular weight excluding hydrogens is 460 g/mol. The number of aromatic nitrogens is 2. The highest BCUT2D eigenvalue weighted by molar-refractivity contribution is 7.92. The summed E-state index contributed by atoms with van der Waals surface area (Å²) < 4.78 is 45.5. The Morgan fingerprint density at radius 1 is 1.24 bits per heavy atom. The van der Waals surface area contributed by atoms with Crippen molar-refractivity contribution in [1.82, 2.24) is 10.1 Å². The fourth-order valence-electron chi connectivity index (χ4n) is 3.80. The Balaban J connectivity index is 1.44. The SMILES string of the molecule is CCOc1ccccc1NS(=O)(=O)c1cc2c(cc1C)N(Cc1noc(C3CC3)n1)C(=O)CO2. The highest BCUT2D eigenvalue weighted by atomic mass is 32.2. The average Bonchev–Trinajstić information content (AvgIpc) is 3.55. The van der Waals surface area contributed by atoms with Gasteiger partial charge in [-0.15, -0.1) is 0 Å². The molecule has 1 N–H and O–H groups in total. The number of nitrogens with zero attached hydrogens (tertiary/aromatic N) is 3. The van der Waals surface area contributed by atoms with Crippen LogP contribution in [0.4, 0.5) is 11.4 Å². The molecule has 178 valence electrons. The Morgan fingerprint density at radius 2 is 2.03 bits per heavy atom. The van der Waals surface area contributed by atoms with Gasteiger partial charge in [-0.05, 0) is 50.5 Å². The molecule has 2 heterocycles. The minimum absolute atomic E-state index is 0.0439. The minimum Gasteiger partial charge on any atom is -0.492 e. The molecule has 10 nitrogen and oxygen atoms in total. The molecule has 1 saturated carbocycles. The normalized spacial score (nSPS) is 15.6. The van der Waals surface area contributed by atoms with Gasteiger partial charge in [-0.2, -0.15) is 4.98 Å². The molecule has 1 fully saturated rings. The number of benzene rings is 2.